The van der Waals surface area contributed by atoms with Gasteiger partial charge in [-0.05, 0) is 122 Å². The summed E-state index contributed by atoms with van der Waals surface area (Å²) >= 11 is 0. The van der Waals surface area contributed by atoms with Gasteiger partial charge in [-0.3, -0.25) is 9.59 Å². The zero-order valence-electron chi connectivity index (χ0n) is 39.6. The van der Waals surface area contributed by atoms with Crippen molar-refractivity contribution in [1.29, 1.82) is 0 Å². The molecule has 0 saturated heterocycles. The average Bonchev–Trinajstić information content (AvgIpc) is 3.27. The highest BCUT2D eigenvalue weighted by molar-refractivity contribution is 7.91. The Kier molecular flexibility index (Phi) is 17.6. The lowest BCUT2D eigenvalue weighted by atomic mass is 9.82. The number of carbonyl (C=O) groups is 2. The number of fused-ring (bicyclic) bond motifs is 2. The van der Waals surface area contributed by atoms with E-state index in [0.29, 0.717) is 75.3 Å². The lowest BCUT2D eigenvalue weighted by Gasteiger charge is -2.28. The monoisotopic (exact) mass is 862 g/mol. The van der Waals surface area contributed by atoms with Gasteiger partial charge >= 0.3 is 0 Å². The van der Waals surface area contributed by atoms with E-state index in [1.807, 2.05) is 32.0 Å². The third-order valence-corrected chi connectivity index (χ3v) is 15.5. The van der Waals surface area contributed by atoms with E-state index in [1.54, 1.807) is 24.3 Å². The molecule has 0 spiro atoms. The number of aryl methyl sites for hydroxylation is 4. The number of unbranched alkanes of at least 4 members (excludes halogenated alkanes) is 2. The summed E-state index contributed by atoms with van der Waals surface area (Å²) in [5, 5.41) is 11.2. The molecular formula is C54H75N3O4S. The van der Waals surface area contributed by atoms with Crippen LogP contribution in [0.1, 0.15) is 184 Å². The highest BCUT2D eigenvalue weighted by Crippen LogP contribution is 2.43. The second kappa shape index (κ2) is 22.4. The largest absolute Gasteiger partial charge is 0.354 e. The molecule has 1 aliphatic rings. The van der Waals surface area contributed by atoms with E-state index >= 15 is 0 Å². The van der Waals surface area contributed by atoms with Gasteiger partial charge in [0, 0.05) is 29.0 Å². The zero-order valence-corrected chi connectivity index (χ0v) is 40.4. The topological polar surface area (TPSA) is 104 Å². The second-order valence-corrected chi connectivity index (χ2v) is 19.6. The van der Waals surface area contributed by atoms with E-state index in [-0.39, 0.29) is 17.3 Å². The van der Waals surface area contributed by atoms with Crippen LogP contribution in [0.3, 0.4) is 0 Å². The standard InChI is InChI=1S/C54H75N3O4S/c1-11-19-23-37(13-3)29-30-62(60,61)54-36(10)32-40(16-6)51(42(54)18-8)57-47-28-27-46(48-49(47)53(59)44-26-22-21-25-43(44)52(48)58)56-50-39(15-5)31-35(9)45(41(50)17-7)34-55-33-38(14-4)24-20-12-2/h21-22,25-28,31-32,37-38,55-57H,11-20,23-24,29-30,33-34H2,1-10H3. The molecule has 0 radical (unpaired) electrons. The Labute approximate surface area is 374 Å². The Morgan fingerprint density at radius 1 is 0.581 bits per heavy atom. The summed E-state index contributed by atoms with van der Waals surface area (Å²) in [5.41, 5.74) is 11.5. The predicted octanol–water partition coefficient (Wildman–Crippen LogP) is 13.5. The minimum atomic E-state index is -3.63. The highest BCUT2D eigenvalue weighted by atomic mass is 32.2. The van der Waals surface area contributed by atoms with Crippen molar-refractivity contribution in [2.45, 2.75) is 164 Å². The summed E-state index contributed by atoms with van der Waals surface area (Å²) in [6.07, 6.45) is 12.4. The molecule has 336 valence electrons. The van der Waals surface area contributed by atoms with Crippen molar-refractivity contribution in [2.75, 3.05) is 22.9 Å². The van der Waals surface area contributed by atoms with Crippen molar-refractivity contribution in [1.82, 2.24) is 5.32 Å². The predicted molar refractivity (Wildman–Crippen MR) is 261 cm³/mol. The molecule has 4 aromatic carbocycles. The van der Waals surface area contributed by atoms with Gasteiger partial charge < -0.3 is 16.0 Å². The first kappa shape index (κ1) is 48.8. The Morgan fingerprint density at radius 2 is 1.08 bits per heavy atom. The molecule has 0 bridgehead atoms. The number of hydrogen-bond donors (Lipinski definition) is 3. The number of rotatable bonds is 24. The van der Waals surface area contributed by atoms with Gasteiger partial charge in [-0.15, -0.1) is 0 Å². The Morgan fingerprint density at radius 3 is 1.56 bits per heavy atom. The third kappa shape index (κ3) is 10.6. The van der Waals surface area contributed by atoms with Gasteiger partial charge in [0.2, 0.25) is 0 Å². The van der Waals surface area contributed by atoms with Crippen LogP contribution in [0.2, 0.25) is 0 Å². The van der Waals surface area contributed by atoms with Crippen molar-refractivity contribution in [3.8, 4) is 0 Å². The van der Waals surface area contributed by atoms with Crippen LogP contribution >= 0.6 is 0 Å². The molecule has 1 aliphatic carbocycles. The molecule has 2 unspecified atom stereocenters. The van der Waals surface area contributed by atoms with Crippen molar-refractivity contribution in [2.24, 2.45) is 11.8 Å². The molecule has 0 heterocycles. The van der Waals surface area contributed by atoms with Gasteiger partial charge in [-0.25, -0.2) is 8.42 Å². The second-order valence-electron chi connectivity index (χ2n) is 17.6. The summed E-state index contributed by atoms with van der Waals surface area (Å²) in [5.74, 6) is 0.665. The fraction of sp³-hybridized carbons (Fsp3) is 0.519. The van der Waals surface area contributed by atoms with Gasteiger partial charge in [0.1, 0.15) is 0 Å². The molecule has 3 N–H and O–H groups in total. The van der Waals surface area contributed by atoms with Gasteiger partial charge in [0.15, 0.2) is 21.4 Å². The molecule has 4 aromatic rings. The molecule has 7 nitrogen and oxygen atoms in total. The summed E-state index contributed by atoms with van der Waals surface area (Å²) in [6, 6.07) is 15.1. The van der Waals surface area contributed by atoms with Crippen molar-refractivity contribution in [3.63, 3.8) is 0 Å². The first-order chi connectivity index (χ1) is 29.8. The van der Waals surface area contributed by atoms with Crippen LogP contribution in [-0.4, -0.2) is 32.3 Å². The van der Waals surface area contributed by atoms with Crippen molar-refractivity contribution < 1.29 is 18.0 Å². The molecule has 0 fully saturated rings. The maximum atomic E-state index is 14.8. The van der Waals surface area contributed by atoms with Crippen LogP contribution in [0.5, 0.6) is 0 Å². The lowest BCUT2D eigenvalue weighted by Crippen LogP contribution is -2.25. The third-order valence-electron chi connectivity index (χ3n) is 13.5. The SMILES string of the molecule is CCCCC(CC)CCS(=O)(=O)c1c(C)cc(CC)c(Nc2ccc(Nc3c(CC)cc(C)c(CNCC(CC)CCCC)c3CC)c3c2C(=O)c2ccccc2C3=O)c1CC. The lowest BCUT2D eigenvalue weighted by molar-refractivity contribution is 0.0980. The molecule has 2 atom stereocenters. The van der Waals surface area contributed by atoms with Gasteiger partial charge in [0.25, 0.3) is 0 Å². The molecule has 62 heavy (non-hydrogen) atoms. The number of anilines is 4. The zero-order chi connectivity index (χ0) is 45.1. The van der Waals surface area contributed by atoms with Gasteiger partial charge in [-0.1, -0.05) is 137 Å². The molecule has 0 amide bonds. The number of nitrogens with one attached hydrogen (secondary N) is 3. The Bertz CT molecular complexity index is 2330. The van der Waals surface area contributed by atoms with Crippen LogP contribution in [0.25, 0.3) is 0 Å². The molecule has 8 heteroatoms. The number of ketones is 2. The van der Waals surface area contributed by atoms with Crippen LogP contribution in [0.15, 0.2) is 53.4 Å². The number of carbonyl (C=O) groups excluding carboxylic acids is 2. The van der Waals surface area contributed by atoms with Crippen LogP contribution < -0.4 is 16.0 Å². The molecular weight excluding hydrogens is 787 g/mol. The quantitative estimate of drug-likeness (QED) is 0.0567. The maximum absolute atomic E-state index is 14.8. The highest BCUT2D eigenvalue weighted by Gasteiger charge is 2.35. The minimum absolute atomic E-state index is 0.0992. The van der Waals surface area contributed by atoms with Crippen LogP contribution in [0, 0.1) is 25.7 Å². The summed E-state index contributed by atoms with van der Waals surface area (Å²) < 4.78 is 28.7. The van der Waals surface area contributed by atoms with E-state index in [2.05, 4.69) is 77.4 Å². The molecule has 5 rings (SSSR count). The average molecular weight is 862 g/mol. The van der Waals surface area contributed by atoms with Crippen molar-refractivity contribution >= 4 is 44.2 Å². The molecule has 0 aromatic heterocycles. The molecule has 0 aliphatic heterocycles. The van der Waals surface area contributed by atoms with Crippen molar-refractivity contribution in [3.05, 3.63) is 110 Å². The van der Waals surface area contributed by atoms with E-state index in [4.69, 9.17) is 0 Å². The van der Waals surface area contributed by atoms with E-state index in [9.17, 15) is 18.0 Å². The van der Waals surface area contributed by atoms with Gasteiger partial charge in [0.05, 0.1) is 33.2 Å². The molecule has 0 saturated carbocycles. The minimum Gasteiger partial charge on any atom is -0.354 e. The van der Waals surface area contributed by atoms with E-state index in [0.717, 1.165) is 86.0 Å². The normalized spacial score (nSPS) is 13.5. The fourth-order valence-electron chi connectivity index (χ4n) is 9.74. The maximum Gasteiger partial charge on any atom is 0.196 e. The van der Waals surface area contributed by atoms with E-state index in [1.165, 1.54) is 36.0 Å². The van der Waals surface area contributed by atoms with E-state index < -0.39 is 9.84 Å². The fourth-order valence-corrected chi connectivity index (χ4v) is 11.8. The smallest absolute Gasteiger partial charge is 0.196 e. The number of hydrogen-bond acceptors (Lipinski definition) is 7. The number of benzene rings is 4. The first-order valence-electron chi connectivity index (χ1n) is 24.0. The Hall–Kier alpha value is -4.27. The van der Waals surface area contributed by atoms with Crippen LogP contribution in [-0.2, 0) is 42.1 Å². The Balaban J connectivity index is 1.64. The number of sulfone groups is 1. The first-order valence-corrected chi connectivity index (χ1v) is 25.6. The summed E-state index contributed by atoms with van der Waals surface area (Å²) in [7, 11) is -3.63. The summed E-state index contributed by atoms with van der Waals surface area (Å²) in [4.78, 5) is 30.0. The summed E-state index contributed by atoms with van der Waals surface area (Å²) in [6.45, 7) is 23.1. The van der Waals surface area contributed by atoms with Crippen LogP contribution in [0.4, 0.5) is 22.7 Å². The van der Waals surface area contributed by atoms with Gasteiger partial charge in [-0.2, -0.15) is 0 Å².